The van der Waals surface area contributed by atoms with Crippen LogP contribution in [0.2, 0.25) is 0 Å². The predicted molar refractivity (Wildman–Crippen MR) is 107 cm³/mol. The van der Waals surface area contributed by atoms with Crippen molar-refractivity contribution in [1.29, 1.82) is 0 Å². The number of sulfonamides is 1. The Morgan fingerprint density at radius 2 is 2.00 bits per heavy atom. The van der Waals surface area contributed by atoms with E-state index in [0.717, 1.165) is 5.01 Å². The lowest BCUT2D eigenvalue weighted by Gasteiger charge is -2.48. The molecule has 2 N–H and O–H groups in total. The summed E-state index contributed by atoms with van der Waals surface area (Å²) in [5.41, 5.74) is 0.0794. The average molecular weight is 433 g/mol. The fourth-order valence-corrected chi connectivity index (χ4v) is 4.66. The van der Waals surface area contributed by atoms with Crippen LogP contribution in [0.15, 0.2) is 0 Å². The fraction of sp³-hybridized carbons (Fsp3) is 0.706. The zero-order valence-corrected chi connectivity index (χ0v) is 18.5. The number of nitrogens with one attached hydrogen (secondary N) is 2. The summed E-state index contributed by atoms with van der Waals surface area (Å²) >= 11 is 1.32. The van der Waals surface area contributed by atoms with Crippen LogP contribution in [-0.2, 0) is 26.2 Å². The van der Waals surface area contributed by atoms with Crippen LogP contribution in [0.5, 0.6) is 0 Å². The number of aryl methyl sites for hydroxylation is 1. The minimum atomic E-state index is -3.47. The van der Waals surface area contributed by atoms with Gasteiger partial charge in [0.2, 0.25) is 15.9 Å². The Balaban J connectivity index is 1.92. The molecule has 9 nitrogen and oxygen atoms in total. The number of carbonyl (C=O) groups is 2. The first-order valence-electron chi connectivity index (χ1n) is 9.15. The van der Waals surface area contributed by atoms with Gasteiger partial charge in [-0.25, -0.2) is 18.1 Å². The number of carbonyl (C=O) groups excluding carboxylic acids is 2. The number of likely N-dealkylation sites (tertiary alicyclic amines) is 1. The minimum Gasteiger partial charge on any atom is -0.375 e. The molecule has 0 aromatic carbocycles. The molecule has 0 radical (unpaired) electrons. The Labute approximate surface area is 169 Å². The lowest BCUT2D eigenvalue weighted by Crippen LogP contribution is -2.71. The zero-order valence-electron chi connectivity index (χ0n) is 16.9. The second-order valence-electron chi connectivity index (χ2n) is 7.11. The maximum atomic E-state index is 12.7. The van der Waals surface area contributed by atoms with E-state index in [1.165, 1.54) is 25.2 Å². The van der Waals surface area contributed by atoms with Gasteiger partial charge in [0.25, 0.3) is 5.91 Å². The van der Waals surface area contributed by atoms with Crippen molar-refractivity contribution in [2.45, 2.75) is 52.8 Å². The van der Waals surface area contributed by atoms with Crippen LogP contribution in [0.25, 0.3) is 0 Å². The maximum Gasteiger partial charge on any atom is 0.266 e. The highest BCUT2D eigenvalue weighted by molar-refractivity contribution is 7.89. The molecule has 1 aromatic rings. The molecule has 0 saturated carbocycles. The van der Waals surface area contributed by atoms with Gasteiger partial charge in [-0.05, 0) is 34.6 Å². The number of amides is 2. The van der Waals surface area contributed by atoms with Gasteiger partial charge in [0, 0.05) is 19.7 Å². The number of nitrogens with zero attached hydrogens (tertiary/aromatic N) is 2. The van der Waals surface area contributed by atoms with Gasteiger partial charge in [0.05, 0.1) is 29.6 Å². The number of ether oxygens (including phenoxy) is 1. The summed E-state index contributed by atoms with van der Waals surface area (Å²) < 4.78 is 30.9. The first kappa shape index (κ1) is 22.7. The first-order valence-corrected chi connectivity index (χ1v) is 11.6. The molecule has 11 heteroatoms. The van der Waals surface area contributed by atoms with Crippen molar-refractivity contribution in [1.82, 2.24) is 19.9 Å². The van der Waals surface area contributed by atoms with Crippen LogP contribution in [0.3, 0.4) is 0 Å². The third kappa shape index (κ3) is 5.49. The van der Waals surface area contributed by atoms with Crippen LogP contribution in [-0.4, -0.2) is 67.1 Å². The van der Waals surface area contributed by atoms with Crippen molar-refractivity contribution in [2.24, 2.45) is 0 Å². The summed E-state index contributed by atoms with van der Waals surface area (Å²) in [4.78, 5) is 31.6. The Kier molecular flexibility index (Phi) is 7.18. The van der Waals surface area contributed by atoms with Crippen molar-refractivity contribution in [2.75, 3.05) is 25.4 Å². The van der Waals surface area contributed by atoms with Gasteiger partial charge < -0.3 is 15.0 Å². The monoisotopic (exact) mass is 432 g/mol. The number of rotatable bonds is 9. The molecule has 1 fully saturated rings. The SMILES string of the molecule is CCOCc1nc(C)c(C(=O)N2CC(C)(NC(=O)C(C)NS(=O)(=O)CC)C2)s1. The van der Waals surface area contributed by atoms with E-state index in [0.29, 0.717) is 36.9 Å². The maximum absolute atomic E-state index is 12.7. The normalized spacial score (nSPS) is 17.1. The van der Waals surface area contributed by atoms with Crippen molar-refractivity contribution in [3.8, 4) is 0 Å². The van der Waals surface area contributed by atoms with Crippen LogP contribution < -0.4 is 10.0 Å². The van der Waals surface area contributed by atoms with E-state index in [2.05, 4.69) is 15.0 Å². The molecule has 0 spiro atoms. The molecule has 1 unspecified atom stereocenters. The predicted octanol–water partition coefficient (Wildman–Crippen LogP) is 0.647. The highest BCUT2D eigenvalue weighted by Gasteiger charge is 2.44. The van der Waals surface area contributed by atoms with Gasteiger partial charge in [-0.3, -0.25) is 9.59 Å². The smallest absolute Gasteiger partial charge is 0.266 e. The number of thiazole rings is 1. The highest BCUT2D eigenvalue weighted by atomic mass is 32.2. The molecule has 1 aliphatic rings. The molecule has 0 bridgehead atoms. The Bertz CT molecular complexity index is 831. The van der Waals surface area contributed by atoms with E-state index in [1.807, 2.05) is 13.8 Å². The number of aromatic nitrogens is 1. The van der Waals surface area contributed by atoms with Crippen molar-refractivity contribution in [3.63, 3.8) is 0 Å². The Hall–Kier alpha value is -1.56. The first-order chi connectivity index (χ1) is 13.0. The molecule has 158 valence electrons. The topological polar surface area (TPSA) is 118 Å². The summed E-state index contributed by atoms with van der Waals surface area (Å²) in [6.07, 6.45) is 0. The standard InChI is InChI=1S/C17H28N4O5S2/c1-6-26-8-13-18-11(3)14(27-13)16(23)21-9-17(5,10-21)19-15(22)12(4)20-28(24,25)7-2/h12,20H,6-10H2,1-5H3,(H,19,22). The largest absolute Gasteiger partial charge is 0.375 e. The van der Waals surface area contributed by atoms with Gasteiger partial charge in [-0.2, -0.15) is 0 Å². The van der Waals surface area contributed by atoms with Gasteiger partial charge in [0.1, 0.15) is 9.88 Å². The molecular formula is C17H28N4O5S2. The van der Waals surface area contributed by atoms with Gasteiger partial charge in [-0.15, -0.1) is 11.3 Å². The number of hydrogen-bond acceptors (Lipinski definition) is 7. The third-order valence-electron chi connectivity index (χ3n) is 4.39. The summed E-state index contributed by atoms with van der Waals surface area (Å²) in [5.74, 6) is -0.632. The van der Waals surface area contributed by atoms with Crippen LogP contribution in [0.1, 0.15) is 48.1 Å². The van der Waals surface area contributed by atoms with E-state index in [-0.39, 0.29) is 11.7 Å². The Morgan fingerprint density at radius 1 is 1.36 bits per heavy atom. The number of hydrogen-bond donors (Lipinski definition) is 2. The molecule has 1 aliphatic heterocycles. The molecule has 2 amide bonds. The van der Waals surface area contributed by atoms with Crippen molar-refractivity contribution in [3.05, 3.63) is 15.6 Å². The Morgan fingerprint density at radius 3 is 2.57 bits per heavy atom. The van der Waals surface area contributed by atoms with Crippen LogP contribution in [0, 0.1) is 6.92 Å². The fourth-order valence-electron chi connectivity index (χ4n) is 2.88. The van der Waals surface area contributed by atoms with E-state index in [4.69, 9.17) is 4.74 Å². The van der Waals surface area contributed by atoms with Gasteiger partial charge in [0.15, 0.2) is 0 Å². The van der Waals surface area contributed by atoms with Crippen LogP contribution >= 0.6 is 11.3 Å². The average Bonchev–Trinajstić information content (AvgIpc) is 2.97. The van der Waals surface area contributed by atoms with E-state index in [1.54, 1.807) is 11.8 Å². The van der Waals surface area contributed by atoms with E-state index < -0.39 is 27.5 Å². The van der Waals surface area contributed by atoms with Gasteiger partial charge >= 0.3 is 0 Å². The van der Waals surface area contributed by atoms with Crippen molar-refractivity contribution >= 4 is 33.2 Å². The summed E-state index contributed by atoms with van der Waals surface area (Å²) in [6.45, 7) is 10.2. The minimum absolute atomic E-state index is 0.0936. The zero-order chi connectivity index (χ0) is 21.1. The van der Waals surface area contributed by atoms with E-state index >= 15 is 0 Å². The quantitative estimate of drug-likeness (QED) is 0.591. The molecular weight excluding hydrogens is 404 g/mol. The molecule has 1 saturated heterocycles. The van der Waals surface area contributed by atoms with Gasteiger partial charge in [-0.1, -0.05) is 0 Å². The molecule has 1 aromatic heterocycles. The summed E-state index contributed by atoms with van der Waals surface area (Å²) in [5, 5.41) is 3.59. The lowest BCUT2D eigenvalue weighted by atomic mass is 9.91. The second-order valence-corrected chi connectivity index (χ2v) is 10.2. The van der Waals surface area contributed by atoms with E-state index in [9.17, 15) is 18.0 Å². The molecule has 2 heterocycles. The highest BCUT2D eigenvalue weighted by Crippen LogP contribution is 2.27. The third-order valence-corrected chi connectivity index (χ3v) is 6.98. The summed E-state index contributed by atoms with van der Waals surface area (Å²) in [7, 11) is -3.47. The van der Waals surface area contributed by atoms with Crippen molar-refractivity contribution < 1.29 is 22.7 Å². The second kappa shape index (κ2) is 8.85. The van der Waals surface area contributed by atoms with Crippen LogP contribution in [0.4, 0.5) is 0 Å². The molecule has 0 aliphatic carbocycles. The molecule has 28 heavy (non-hydrogen) atoms. The summed E-state index contributed by atoms with van der Waals surface area (Å²) in [6, 6.07) is -0.878. The molecule has 2 rings (SSSR count). The molecule has 1 atom stereocenters. The lowest BCUT2D eigenvalue weighted by molar-refractivity contribution is -0.125.